The molecule has 2 fully saturated rings. The van der Waals surface area contributed by atoms with Crippen LogP contribution in [-0.4, -0.2) is 47.1 Å². The van der Waals surface area contributed by atoms with Crippen LogP contribution >= 0.6 is 11.6 Å². The van der Waals surface area contributed by atoms with Crippen molar-refractivity contribution < 1.29 is 0 Å². The number of hydrogen-bond donors (Lipinski definition) is 2. The van der Waals surface area contributed by atoms with Gasteiger partial charge in [0, 0.05) is 25.2 Å². The first-order valence-corrected chi connectivity index (χ1v) is 7.74. The first kappa shape index (κ1) is 13.9. The summed E-state index contributed by atoms with van der Waals surface area (Å²) >= 11 is 6.20. The highest BCUT2D eigenvalue weighted by Gasteiger charge is 2.36. The minimum Gasteiger partial charge on any atom is -0.366 e. The maximum Gasteiger partial charge on any atom is 0.224 e. The van der Waals surface area contributed by atoms with Gasteiger partial charge in [0.1, 0.15) is 5.02 Å². The van der Waals surface area contributed by atoms with Crippen LogP contribution in [0.25, 0.3) is 0 Å². The number of aromatic nitrogens is 2. The Bertz CT molecular complexity index is 467. The zero-order valence-corrected chi connectivity index (χ0v) is 12.8. The van der Waals surface area contributed by atoms with Crippen molar-refractivity contribution in [3.8, 4) is 0 Å². The Hall–Kier alpha value is -1.07. The smallest absolute Gasteiger partial charge is 0.224 e. The molecule has 2 aliphatic rings. The van der Waals surface area contributed by atoms with Crippen LogP contribution in [0.4, 0.5) is 11.8 Å². The quantitative estimate of drug-likeness (QED) is 0.898. The lowest BCUT2D eigenvalue weighted by Crippen LogP contribution is -2.52. The highest BCUT2D eigenvalue weighted by molar-refractivity contribution is 6.32. The maximum absolute atomic E-state index is 6.20. The monoisotopic (exact) mass is 295 g/mol. The fraction of sp³-hybridized carbons (Fsp3) is 0.714. The van der Waals surface area contributed by atoms with E-state index >= 15 is 0 Å². The molecule has 0 amide bonds. The van der Waals surface area contributed by atoms with Crippen molar-refractivity contribution in [2.45, 2.75) is 50.2 Å². The first-order valence-electron chi connectivity index (χ1n) is 7.36. The fourth-order valence-electron chi connectivity index (χ4n) is 3.52. The second-order valence-corrected chi connectivity index (χ2v) is 6.26. The largest absolute Gasteiger partial charge is 0.366 e. The zero-order valence-electron chi connectivity index (χ0n) is 12.1. The lowest BCUT2D eigenvalue weighted by molar-refractivity contribution is 0.0608. The van der Waals surface area contributed by atoms with E-state index in [-0.39, 0.29) is 0 Å². The summed E-state index contributed by atoms with van der Waals surface area (Å²) in [5, 5.41) is 7.06. The van der Waals surface area contributed by atoms with Crippen molar-refractivity contribution in [1.29, 1.82) is 0 Å². The molecule has 0 radical (unpaired) electrons. The number of fused-ring (bicyclic) bond motifs is 2. The number of halogens is 1. The minimum atomic E-state index is 0.457. The van der Waals surface area contributed by atoms with Gasteiger partial charge in [0.05, 0.1) is 6.20 Å². The fourth-order valence-corrected chi connectivity index (χ4v) is 3.66. The number of hydrogen-bond acceptors (Lipinski definition) is 5. The van der Waals surface area contributed by atoms with Crippen LogP contribution in [0, 0.1) is 0 Å². The van der Waals surface area contributed by atoms with Gasteiger partial charge in [-0.3, -0.25) is 0 Å². The molecule has 2 saturated heterocycles. The molecule has 2 bridgehead atoms. The van der Waals surface area contributed by atoms with Crippen LogP contribution in [0.2, 0.25) is 5.02 Å². The van der Waals surface area contributed by atoms with Gasteiger partial charge in [-0.05, 0) is 32.7 Å². The molecule has 6 heteroatoms. The Kier molecular flexibility index (Phi) is 3.98. The molecule has 5 nitrogen and oxygen atoms in total. The van der Waals surface area contributed by atoms with E-state index in [4.69, 9.17) is 11.6 Å². The van der Waals surface area contributed by atoms with Gasteiger partial charge in [-0.2, -0.15) is 4.98 Å². The van der Waals surface area contributed by atoms with E-state index in [1.165, 1.54) is 32.1 Å². The zero-order chi connectivity index (χ0) is 14.1. The summed E-state index contributed by atoms with van der Waals surface area (Å²) in [4.78, 5) is 11.1. The predicted octanol–water partition coefficient (Wildman–Crippen LogP) is 2.60. The summed E-state index contributed by atoms with van der Waals surface area (Å²) < 4.78 is 0. The topological polar surface area (TPSA) is 53.1 Å². The second-order valence-electron chi connectivity index (χ2n) is 5.86. The van der Waals surface area contributed by atoms with E-state index in [1.807, 2.05) is 7.05 Å². The Morgan fingerprint density at radius 1 is 1.30 bits per heavy atom. The van der Waals surface area contributed by atoms with Crippen molar-refractivity contribution in [2.24, 2.45) is 0 Å². The molecule has 1 aromatic heterocycles. The summed E-state index contributed by atoms with van der Waals surface area (Å²) in [6.45, 7) is 0. The second kappa shape index (κ2) is 5.74. The van der Waals surface area contributed by atoms with Crippen LogP contribution in [0.5, 0.6) is 0 Å². The van der Waals surface area contributed by atoms with E-state index < -0.39 is 0 Å². The molecule has 2 N–H and O–H groups in total. The van der Waals surface area contributed by atoms with Crippen molar-refractivity contribution in [3.63, 3.8) is 0 Å². The van der Waals surface area contributed by atoms with Crippen LogP contribution in [0.1, 0.15) is 32.1 Å². The van der Waals surface area contributed by atoms with Crippen LogP contribution in [0.15, 0.2) is 6.20 Å². The molecular weight excluding hydrogens is 274 g/mol. The Morgan fingerprint density at radius 3 is 2.65 bits per heavy atom. The van der Waals surface area contributed by atoms with Crippen LogP contribution in [0.3, 0.4) is 0 Å². The van der Waals surface area contributed by atoms with E-state index in [9.17, 15) is 0 Å². The molecule has 2 aliphatic heterocycles. The number of nitrogens with zero attached hydrogens (tertiary/aromatic N) is 3. The van der Waals surface area contributed by atoms with Gasteiger partial charge in [0.15, 0.2) is 5.82 Å². The van der Waals surface area contributed by atoms with E-state index in [0.717, 1.165) is 5.82 Å². The molecule has 110 valence electrons. The average Bonchev–Trinajstić information content (AvgIpc) is 2.42. The predicted molar refractivity (Wildman–Crippen MR) is 82.4 cm³/mol. The Labute approximate surface area is 125 Å². The SMILES string of the molecule is CNc1ncc(Cl)c(NC2CC3CCCC(C2)N3C)n1. The van der Waals surface area contributed by atoms with Gasteiger partial charge in [-0.15, -0.1) is 0 Å². The Morgan fingerprint density at radius 2 is 2.00 bits per heavy atom. The molecule has 2 atom stereocenters. The molecule has 0 spiro atoms. The third-order valence-electron chi connectivity index (χ3n) is 4.65. The van der Waals surface area contributed by atoms with Gasteiger partial charge in [-0.25, -0.2) is 4.98 Å². The molecule has 1 aromatic rings. The lowest BCUT2D eigenvalue weighted by Gasteiger charge is -2.47. The van der Waals surface area contributed by atoms with Crippen molar-refractivity contribution >= 4 is 23.4 Å². The summed E-state index contributed by atoms with van der Waals surface area (Å²) in [5.74, 6) is 1.35. The van der Waals surface area contributed by atoms with E-state index in [0.29, 0.717) is 29.1 Å². The summed E-state index contributed by atoms with van der Waals surface area (Å²) in [6.07, 6.45) is 7.97. The maximum atomic E-state index is 6.20. The number of nitrogens with one attached hydrogen (secondary N) is 2. The molecule has 0 aromatic carbocycles. The van der Waals surface area contributed by atoms with Crippen LogP contribution in [-0.2, 0) is 0 Å². The van der Waals surface area contributed by atoms with Crippen molar-refractivity contribution in [2.75, 3.05) is 24.7 Å². The molecule has 0 saturated carbocycles. The van der Waals surface area contributed by atoms with Crippen LogP contribution < -0.4 is 10.6 Å². The molecule has 3 heterocycles. The molecule has 20 heavy (non-hydrogen) atoms. The third-order valence-corrected chi connectivity index (χ3v) is 4.92. The van der Waals surface area contributed by atoms with E-state index in [1.54, 1.807) is 6.20 Å². The minimum absolute atomic E-state index is 0.457. The van der Waals surface area contributed by atoms with Gasteiger partial charge in [0.2, 0.25) is 5.95 Å². The standard InChI is InChI=1S/C14H22ClN5/c1-16-14-17-8-12(15)13(19-14)18-9-6-10-4-3-5-11(7-9)20(10)2/h8-11H,3-7H2,1-2H3,(H2,16,17,18,19). The average molecular weight is 296 g/mol. The van der Waals surface area contributed by atoms with E-state index in [2.05, 4.69) is 32.5 Å². The number of piperidine rings is 2. The first-order chi connectivity index (χ1) is 9.67. The summed E-state index contributed by atoms with van der Waals surface area (Å²) in [5.41, 5.74) is 0. The number of rotatable bonds is 3. The van der Waals surface area contributed by atoms with Gasteiger partial charge in [-0.1, -0.05) is 18.0 Å². The summed E-state index contributed by atoms with van der Waals surface area (Å²) in [7, 11) is 4.08. The molecular formula is C14H22ClN5. The highest BCUT2D eigenvalue weighted by Crippen LogP contribution is 2.34. The Balaban J connectivity index is 1.72. The highest BCUT2D eigenvalue weighted by atomic mass is 35.5. The lowest BCUT2D eigenvalue weighted by atomic mass is 9.82. The van der Waals surface area contributed by atoms with Crippen molar-refractivity contribution in [1.82, 2.24) is 14.9 Å². The van der Waals surface area contributed by atoms with Gasteiger partial charge >= 0.3 is 0 Å². The molecule has 2 unspecified atom stereocenters. The third kappa shape index (κ3) is 2.69. The molecule has 3 rings (SSSR count). The number of anilines is 2. The van der Waals surface area contributed by atoms with Gasteiger partial charge in [0.25, 0.3) is 0 Å². The normalized spacial score (nSPS) is 30.1. The molecule has 0 aliphatic carbocycles. The van der Waals surface area contributed by atoms with Gasteiger partial charge < -0.3 is 15.5 Å². The summed E-state index contributed by atoms with van der Waals surface area (Å²) in [6, 6.07) is 1.85. The van der Waals surface area contributed by atoms with Crippen molar-refractivity contribution in [3.05, 3.63) is 11.2 Å².